The van der Waals surface area contributed by atoms with Gasteiger partial charge in [-0.05, 0) is 47.3 Å². The van der Waals surface area contributed by atoms with E-state index in [1.54, 1.807) is 12.1 Å². The lowest BCUT2D eigenvalue weighted by atomic mass is 10.0. The van der Waals surface area contributed by atoms with Crippen molar-refractivity contribution in [3.63, 3.8) is 0 Å². The van der Waals surface area contributed by atoms with E-state index in [2.05, 4.69) is 69.2 Å². The molecule has 0 amide bonds. The Morgan fingerprint density at radius 3 is 1.59 bits per heavy atom. The number of allylic oxidation sites excluding steroid dienone is 1. The maximum Gasteiger partial charge on any atom is 0.231 e. The van der Waals surface area contributed by atoms with Crippen molar-refractivity contribution in [2.24, 2.45) is 29.6 Å². The van der Waals surface area contributed by atoms with Gasteiger partial charge in [-0.3, -0.25) is 4.79 Å². The summed E-state index contributed by atoms with van der Waals surface area (Å²) >= 11 is 0. The second kappa shape index (κ2) is 17.0. The molecule has 0 unspecified atom stereocenters. The number of ether oxygens (including phenoxy) is 5. The molecule has 0 spiro atoms. The molecule has 0 aliphatic heterocycles. The molecule has 2 rings (SSSR count). The lowest BCUT2D eigenvalue weighted by Crippen LogP contribution is -2.17. The quantitative estimate of drug-likeness (QED) is 0.102. The van der Waals surface area contributed by atoms with Gasteiger partial charge in [0.25, 0.3) is 0 Å². The molecule has 228 valence electrons. The van der Waals surface area contributed by atoms with Crippen LogP contribution in [0.2, 0.25) is 0 Å². The molecule has 0 atom stereocenters. The van der Waals surface area contributed by atoms with E-state index in [0.717, 1.165) is 5.56 Å². The summed E-state index contributed by atoms with van der Waals surface area (Å²) in [6.45, 7) is 22.9. The Bertz CT molecular complexity index is 1100. The van der Waals surface area contributed by atoms with Crippen LogP contribution in [-0.2, 0) is 4.74 Å². The van der Waals surface area contributed by atoms with E-state index in [1.165, 1.54) is 0 Å². The number of ketones is 1. The Morgan fingerprint density at radius 1 is 0.610 bits per heavy atom. The number of benzene rings is 2. The third kappa shape index (κ3) is 11.7. The first-order valence-electron chi connectivity index (χ1n) is 15.0. The van der Waals surface area contributed by atoms with Gasteiger partial charge in [-0.2, -0.15) is 0 Å². The van der Waals surface area contributed by atoms with Crippen molar-refractivity contribution in [2.45, 2.75) is 69.2 Å². The number of Topliss-reactive ketones (excluding diaryl/α,β-unsaturated/α-hetero) is 1. The number of carbonyl (C=O) groups excluding carboxylic acids is 1. The SMILES string of the molecule is CC(C)COC(=Cc1ccccc1)C(=O)c1cc(OCC(C)C)c(OCC(C)C)c(OCC(C)C)c1OCC(C)C. The van der Waals surface area contributed by atoms with Crippen LogP contribution in [0.4, 0.5) is 0 Å². The lowest BCUT2D eigenvalue weighted by molar-refractivity contribution is 0.0893. The van der Waals surface area contributed by atoms with E-state index in [9.17, 15) is 4.79 Å². The van der Waals surface area contributed by atoms with Gasteiger partial charge in [0.2, 0.25) is 17.3 Å². The highest BCUT2D eigenvalue weighted by Crippen LogP contribution is 2.48. The zero-order chi connectivity index (χ0) is 30.5. The van der Waals surface area contributed by atoms with Crippen molar-refractivity contribution >= 4 is 11.9 Å². The predicted octanol–water partition coefficient (Wildman–Crippen LogP) is 8.72. The third-order valence-corrected chi connectivity index (χ3v) is 5.55. The van der Waals surface area contributed by atoms with Crippen molar-refractivity contribution in [1.82, 2.24) is 0 Å². The molecule has 0 aromatic heterocycles. The van der Waals surface area contributed by atoms with Crippen LogP contribution in [0.1, 0.15) is 85.2 Å². The van der Waals surface area contributed by atoms with E-state index in [4.69, 9.17) is 23.7 Å². The number of carbonyl (C=O) groups is 1. The minimum Gasteiger partial charge on any atom is -0.489 e. The van der Waals surface area contributed by atoms with Gasteiger partial charge < -0.3 is 23.7 Å². The van der Waals surface area contributed by atoms with Crippen molar-refractivity contribution in [2.75, 3.05) is 33.0 Å². The molecule has 0 aliphatic rings. The Hall–Kier alpha value is -3.15. The topological polar surface area (TPSA) is 63.2 Å². The molecule has 0 aliphatic carbocycles. The molecule has 2 aromatic carbocycles. The molecule has 0 bridgehead atoms. The minimum atomic E-state index is -0.299. The average Bonchev–Trinajstić information content (AvgIpc) is 2.90. The van der Waals surface area contributed by atoms with Gasteiger partial charge in [-0.1, -0.05) is 99.6 Å². The molecule has 2 aromatic rings. The highest BCUT2D eigenvalue weighted by Gasteiger charge is 2.30. The second-order valence-electron chi connectivity index (χ2n) is 12.7. The fraction of sp³-hybridized carbons (Fsp3) is 0.571. The molecular formula is C35H52O6. The van der Waals surface area contributed by atoms with Crippen LogP contribution in [0, 0.1) is 29.6 Å². The van der Waals surface area contributed by atoms with Gasteiger partial charge in [0.15, 0.2) is 17.3 Å². The molecule has 41 heavy (non-hydrogen) atoms. The summed E-state index contributed by atoms with van der Waals surface area (Å²) in [6, 6.07) is 11.4. The van der Waals surface area contributed by atoms with Crippen LogP contribution in [0.25, 0.3) is 6.08 Å². The molecule has 6 heteroatoms. The summed E-state index contributed by atoms with van der Waals surface area (Å²) in [5, 5.41) is 0. The molecule has 0 saturated carbocycles. The van der Waals surface area contributed by atoms with Gasteiger partial charge in [0.1, 0.15) is 0 Å². The first-order valence-corrected chi connectivity index (χ1v) is 15.0. The molecule has 0 saturated heterocycles. The number of hydrogen-bond acceptors (Lipinski definition) is 6. The Kier molecular flexibility index (Phi) is 14.1. The maximum absolute atomic E-state index is 14.4. The summed E-state index contributed by atoms with van der Waals surface area (Å²) in [4.78, 5) is 14.4. The van der Waals surface area contributed by atoms with Crippen LogP contribution < -0.4 is 18.9 Å². The zero-order valence-electron chi connectivity index (χ0n) is 26.9. The van der Waals surface area contributed by atoms with Crippen molar-refractivity contribution in [1.29, 1.82) is 0 Å². The first kappa shape index (κ1) is 34.1. The molecule has 0 radical (unpaired) electrons. The maximum atomic E-state index is 14.4. The van der Waals surface area contributed by atoms with Crippen LogP contribution in [0.3, 0.4) is 0 Å². The Labute approximate surface area is 248 Å². The van der Waals surface area contributed by atoms with Crippen LogP contribution in [0.5, 0.6) is 23.0 Å². The molecule has 0 fully saturated rings. The number of rotatable bonds is 18. The normalized spacial score (nSPS) is 12.0. The second-order valence-corrected chi connectivity index (χ2v) is 12.7. The molecular weight excluding hydrogens is 516 g/mol. The third-order valence-electron chi connectivity index (χ3n) is 5.55. The van der Waals surface area contributed by atoms with Gasteiger partial charge >= 0.3 is 0 Å². The van der Waals surface area contributed by atoms with Gasteiger partial charge in [0.05, 0.1) is 38.6 Å². The van der Waals surface area contributed by atoms with E-state index < -0.39 is 0 Å². The molecule has 0 heterocycles. The van der Waals surface area contributed by atoms with Gasteiger partial charge in [0, 0.05) is 0 Å². The predicted molar refractivity (Wildman–Crippen MR) is 167 cm³/mol. The smallest absolute Gasteiger partial charge is 0.231 e. The highest BCUT2D eigenvalue weighted by molar-refractivity contribution is 6.12. The van der Waals surface area contributed by atoms with Crippen LogP contribution >= 0.6 is 0 Å². The van der Waals surface area contributed by atoms with Crippen molar-refractivity contribution in [3.8, 4) is 23.0 Å². The number of hydrogen-bond donors (Lipinski definition) is 0. The van der Waals surface area contributed by atoms with E-state index in [1.807, 2.05) is 30.3 Å². The van der Waals surface area contributed by atoms with Crippen molar-refractivity contribution in [3.05, 3.63) is 53.3 Å². The zero-order valence-corrected chi connectivity index (χ0v) is 26.9. The van der Waals surface area contributed by atoms with Gasteiger partial charge in [-0.15, -0.1) is 0 Å². The fourth-order valence-corrected chi connectivity index (χ4v) is 3.56. The molecule has 6 nitrogen and oxygen atoms in total. The Balaban J connectivity index is 2.83. The fourth-order valence-electron chi connectivity index (χ4n) is 3.56. The average molecular weight is 569 g/mol. The lowest BCUT2D eigenvalue weighted by Gasteiger charge is -2.24. The molecule has 0 N–H and O–H groups in total. The standard InChI is InChI=1S/C35H52O6/c1-23(2)18-37-30(16-28-14-12-11-13-15-28)32(36)29-17-31(38-19-24(3)4)34(40-21-26(7)8)35(41-22-27(9)10)33(29)39-20-25(5)6/h11-17,23-27H,18-22H2,1-10H3. The summed E-state index contributed by atoms with van der Waals surface area (Å²) in [7, 11) is 0. The van der Waals surface area contributed by atoms with Crippen molar-refractivity contribution < 1.29 is 28.5 Å². The van der Waals surface area contributed by atoms with Crippen LogP contribution in [-0.4, -0.2) is 38.8 Å². The van der Waals surface area contributed by atoms with Crippen LogP contribution in [0.15, 0.2) is 42.2 Å². The largest absolute Gasteiger partial charge is 0.489 e. The summed E-state index contributed by atoms with van der Waals surface area (Å²) in [5.41, 5.74) is 1.19. The summed E-state index contributed by atoms with van der Waals surface area (Å²) < 4.78 is 31.5. The summed E-state index contributed by atoms with van der Waals surface area (Å²) in [5.74, 6) is 2.86. The van der Waals surface area contributed by atoms with Gasteiger partial charge in [-0.25, -0.2) is 0 Å². The minimum absolute atomic E-state index is 0.226. The van der Waals surface area contributed by atoms with E-state index in [-0.39, 0.29) is 41.1 Å². The first-order chi connectivity index (χ1) is 19.4. The van der Waals surface area contributed by atoms with E-state index >= 15 is 0 Å². The Morgan fingerprint density at radius 2 is 1.07 bits per heavy atom. The van der Waals surface area contributed by atoms with E-state index in [0.29, 0.717) is 61.6 Å². The highest BCUT2D eigenvalue weighted by atomic mass is 16.6. The summed E-state index contributed by atoms with van der Waals surface area (Å²) in [6.07, 6.45) is 1.78. The monoisotopic (exact) mass is 568 g/mol.